The van der Waals surface area contributed by atoms with Crippen molar-refractivity contribution in [3.05, 3.63) is 66.5 Å². The van der Waals surface area contributed by atoms with Crippen LogP contribution in [0.15, 0.2) is 55.1 Å². The van der Waals surface area contributed by atoms with Crippen LogP contribution in [-0.4, -0.2) is 64.8 Å². The lowest BCUT2D eigenvalue weighted by atomic mass is 10.1. The van der Waals surface area contributed by atoms with Crippen LogP contribution < -0.4 is 0 Å². The van der Waals surface area contributed by atoms with Gasteiger partial charge in [-0.25, -0.2) is 9.97 Å². The molecule has 5 heterocycles. The summed E-state index contributed by atoms with van der Waals surface area (Å²) >= 11 is 0. The van der Waals surface area contributed by atoms with E-state index in [1.165, 1.54) is 0 Å². The van der Waals surface area contributed by atoms with Crippen LogP contribution in [0.25, 0.3) is 27.8 Å². The molecule has 0 radical (unpaired) electrons. The first-order valence-corrected chi connectivity index (χ1v) is 10.9. The Morgan fingerprint density at radius 1 is 1.03 bits per heavy atom. The molecule has 0 N–H and O–H groups in total. The largest absolute Gasteiger partial charge is 0.306 e. The molecule has 0 unspecified atom stereocenters. The quantitative estimate of drug-likeness (QED) is 0.437. The molecule has 1 aliphatic heterocycles. The second-order valence-corrected chi connectivity index (χ2v) is 8.42. The number of hydrogen-bond donors (Lipinski definition) is 0. The Labute approximate surface area is 184 Å². The molecule has 0 amide bonds. The number of benzene rings is 1. The van der Waals surface area contributed by atoms with E-state index in [0.29, 0.717) is 23.6 Å². The van der Waals surface area contributed by atoms with Gasteiger partial charge in [-0.2, -0.15) is 9.78 Å². The first-order chi connectivity index (χ1) is 15.7. The highest BCUT2D eigenvalue weighted by Gasteiger charge is 2.19. The lowest BCUT2D eigenvalue weighted by Gasteiger charge is -2.28. The molecule has 0 aliphatic carbocycles. The Morgan fingerprint density at radius 3 is 2.84 bits per heavy atom. The SMILES string of the molecule is CN1CCC(n2cc(Cc3ncc4nnn(-c5ccc6cccnc6c5)c4n3)cn2)CC1. The summed E-state index contributed by atoms with van der Waals surface area (Å²) in [6.07, 6.45) is 10.5. The molecular formula is C23H23N9. The molecule has 9 nitrogen and oxygen atoms in total. The van der Waals surface area contributed by atoms with Crippen LogP contribution in [0.3, 0.4) is 0 Å². The van der Waals surface area contributed by atoms with Crippen molar-refractivity contribution in [3.63, 3.8) is 0 Å². The van der Waals surface area contributed by atoms with Crippen molar-refractivity contribution in [2.45, 2.75) is 25.3 Å². The maximum atomic E-state index is 4.78. The van der Waals surface area contributed by atoms with E-state index < -0.39 is 0 Å². The molecule has 1 aromatic carbocycles. The summed E-state index contributed by atoms with van der Waals surface area (Å²) in [6, 6.07) is 10.5. The molecule has 4 aromatic heterocycles. The Bertz CT molecular complexity index is 1400. The summed E-state index contributed by atoms with van der Waals surface area (Å²) in [5, 5.41) is 14.2. The lowest BCUT2D eigenvalue weighted by Crippen LogP contribution is -2.31. The van der Waals surface area contributed by atoms with Crippen LogP contribution in [0.2, 0.25) is 0 Å². The highest BCUT2D eigenvalue weighted by atomic mass is 15.4. The average molecular weight is 426 g/mol. The fraction of sp³-hybridized carbons (Fsp3) is 0.304. The molecule has 6 rings (SSSR count). The van der Waals surface area contributed by atoms with Crippen molar-refractivity contribution >= 4 is 22.1 Å². The predicted molar refractivity (Wildman–Crippen MR) is 121 cm³/mol. The normalized spacial score (nSPS) is 15.7. The fourth-order valence-electron chi connectivity index (χ4n) is 4.32. The van der Waals surface area contributed by atoms with Gasteiger partial charge in [-0.05, 0) is 56.7 Å². The number of hydrogen-bond acceptors (Lipinski definition) is 7. The molecule has 5 aromatic rings. The summed E-state index contributed by atoms with van der Waals surface area (Å²) in [6.45, 7) is 2.22. The van der Waals surface area contributed by atoms with Crippen LogP contribution in [0.4, 0.5) is 0 Å². The van der Waals surface area contributed by atoms with Crippen molar-refractivity contribution in [2.75, 3.05) is 20.1 Å². The van der Waals surface area contributed by atoms with E-state index in [1.807, 2.05) is 36.5 Å². The maximum absolute atomic E-state index is 4.78. The van der Waals surface area contributed by atoms with Gasteiger partial charge in [-0.3, -0.25) is 9.67 Å². The van der Waals surface area contributed by atoms with Gasteiger partial charge in [-0.15, -0.1) is 5.10 Å². The molecule has 32 heavy (non-hydrogen) atoms. The van der Waals surface area contributed by atoms with E-state index in [-0.39, 0.29) is 0 Å². The molecule has 160 valence electrons. The van der Waals surface area contributed by atoms with Gasteiger partial charge in [0.2, 0.25) is 0 Å². The number of aromatic nitrogens is 8. The lowest BCUT2D eigenvalue weighted by molar-refractivity contribution is 0.212. The second-order valence-electron chi connectivity index (χ2n) is 8.42. The number of nitrogens with zero attached hydrogens (tertiary/aromatic N) is 9. The van der Waals surface area contributed by atoms with E-state index >= 15 is 0 Å². The smallest absolute Gasteiger partial charge is 0.187 e. The highest BCUT2D eigenvalue weighted by molar-refractivity contribution is 5.81. The molecule has 1 aliphatic rings. The topological polar surface area (TPSA) is 90.4 Å². The zero-order chi connectivity index (χ0) is 21.5. The number of pyridine rings is 1. The van der Waals surface area contributed by atoms with Gasteiger partial charge in [0.15, 0.2) is 11.2 Å². The molecule has 0 atom stereocenters. The third kappa shape index (κ3) is 3.50. The standard InChI is InChI=1S/C23H23N9/c1-30-9-6-18(7-10-30)31-15-16(13-26-31)11-22-25-14-21-23(27-22)32(29-28-21)19-5-4-17-3-2-8-24-20(17)12-19/h2-5,8,12-15,18H,6-7,9-11H2,1H3. The van der Waals surface area contributed by atoms with Crippen LogP contribution in [-0.2, 0) is 6.42 Å². The molecule has 0 saturated carbocycles. The molecule has 0 bridgehead atoms. The Balaban J connectivity index is 1.28. The molecule has 0 spiro atoms. The summed E-state index contributed by atoms with van der Waals surface area (Å²) in [4.78, 5) is 16.1. The number of rotatable bonds is 4. The van der Waals surface area contributed by atoms with Crippen LogP contribution >= 0.6 is 0 Å². The summed E-state index contributed by atoms with van der Waals surface area (Å²) in [5.74, 6) is 0.725. The van der Waals surface area contributed by atoms with E-state index in [1.54, 1.807) is 17.1 Å². The van der Waals surface area contributed by atoms with E-state index in [4.69, 9.17) is 4.98 Å². The molecule has 9 heteroatoms. The second kappa shape index (κ2) is 7.76. The minimum atomic E-state index is 0.468. The number of fused-ring (bicyclic) bond motifs is 2. The van der Waals surface area contributed by atoms with Crippen LogP contribution in [0.5, 0.6) is 0 Å². The Hall–Kier alpha value is -3.72. The number of likely N-dealkylation sites (tertiary alicyclic amines) is 1. The zero-order valence-corrected chi connectivity index (χ0v) is 17.8. The zero-order valence-electron chi connectivity index (χ0n) is 17.8. The number of piperidine rings is 1. The van der Waals surface area contributed by atoms with Crippen molar-refractivity contribution in [1.29, 1.82) is 0 Å². The van der Waals surface area contributed by atoms with Gasteiger partial charge < -0.3 is 4.90 Å². The average Bonchev–Trinajstić information content (AvgIpc) is 3.46. The van der Waals surface area contributed by atoms with Crippen molar-refractivity contribution < 1.29 is 0 Å². The summed E-state index contributed by atoms with van der Waals surface area (Å²) < 4.78 is 3.85. The van der Waals surface area contributed by atoms with Gasteiger partial charge in [-0.1, -0.05) is 17.3 Å². The van der Waals surface area contributed by atoms with Crippen molar-refractivity contribution in [3.8, 4) is 5.69 Å². The van der Waals surface area contributed by atoms with Crippen LogP contribution in [0, 0.1) is 0 Å². The molecular weight excluding hydrogens is 402 g/mol. The maximum Gasteiger partial charge on any atom is 0.187 e. The van der Waals surface area contributed by atoms with Crippen molar-refractivity contribution in [1.82, 2.24) is 44.6 Å². The van der Waals surface area contributed by atoms with Gasteiger partial charge >= 0.3 is 0 Å². The third-order valence-electron chi connectivity index (χ3n) is 6.16. The van der Waals surface area contributed by atoms with Gasteiger partial charge in [0.25, 0.3) is 0 Å². The molecule has 1 saturated heterocycles. The van der Waals surface area contributed by atoms with Crippen LogP contribution in [0.1, 0.15) is 30.3 Å². The summed E-state index contributed by atoms with van der Waals surface area (Å²) in [7, 11) is 2.17. The Kier molecular flexibility index (Phi) is 4.61. The van der Waals surface area contributed by atoms with E-state index in [0.717, 1.165) is 53.9 Å². The van der Waals surface area contributed by atoms with E-state index in [9.17, 15) is 0 Å². The minimum Gasteiger partial charge on any atom is -0.306 e. The highest BCUT2D eigenvalue weighted by Crippen LogP contribution is 2.22. The van der Waals surface area contributed by atoms with Crippen molar-refractivity contribution in [2.24, 2.45) is 0 Å². The van der Waals surface area contributed by atoms with Gasteiger partial charge in [0.05, 0.1) is 29.6 Å². The van der Waals surface area contributed by atoms with E-state index in [2.05, 4.69) is 48.2 Å². The van der Waals surface area contributed by atoms with Gasteiger partial charge in [0, 0.05) is 24.2 Å². The minimum absolute atomic E-state index is 0.468. The fourth-order valence-corrected chi connectivity index (χ4v) is 4.32. The Morgan fingerprint density at radius 2 is 1.94 bits per heavy atom. The molecule has 1 fully saturated rings. The van der Waals surface area contributed by atoms with Gasteiger partial charge in [0.1, 0.15) is 5.82 Å². The summed E-state index contributed by atoms with van der Waals surface area (Å²) in [5.41, 5.74) is 4.24. The first kappa shape index (κ1) is 19.0. The first-order valence-electron chi connectivity index (χ1n) is 10.9. The third-order valence-corrected chi connectivity index (χ3v) is 6.16. The predicted octanol–water partition coefficient (Wildman–Crippen LogP) is 2.81. The monoisotopic (exact) mass is 425 g/mol.